The zero-order valence-corrected chi connectivity index (χ0v) is 15.3. The van der Waals surface area contributed by atoms with Gasteiger partial charge in [-0.3, -0.25) is 14.3 Å². The maximum absolute atomic E-state index is 12.8. The molecule has 1 aliphatic heterocycles. The third-order valence-electron chi connectivity index (χ3n) is 4.74. The molecule has 2 aromatic rings. The molecule has 0 N–H and O–H groups in total. The van der Waals surface area contributed by atoms with Crippen molar-refractivity contribution in [2.24, 2.45) is 0 Å². The SMILES string of the molecule is CCn1cc(CN2CCOCC2c2c(C)nn(CC(F)(F)F)c2C)cn1. The van der Waals surface area contributed by atoms with Crippen LogP contribution in [0.4, 0.5) is 13.2 Å². The molecule has 1 aliphatic rings. The van der Waals surface area contributed by atoms with E-state index in [-0.39, 0.29) is 6.04 Å². The number of rotatable bonds is 5. The van der Waals surface area contributed by atoms with Gasteiger partial charge in [0.15, 0.2) is 0 Å². The number of aryl methyl sites for hydroxylation is 2. The molecule has 0 saturated carbocycles. The number of hydrogen-bond donors (Lipinski definition) is 0. The van der Waals surface area contributed by atoms with Gasteiger partial charge >= 0.3 is 6.18 Å². The molecule has 0 radical (unpaired) electrons. The Morgan fingerprint density at radius 2 is 2.08 bits per heavy atom. The van der Waals surface area contributed by atoms with E-state index < -0.39 is 12.7 Å². The Labute approximate surface area is 150 Å². The van der Waals surface area contributed by atoms with Gasteiger partial charge in [-0.15, -0.1) is 0 Å². The molecule has 1 unspecified atom stereocenters. The summed E-state index contributed by atoms with van der Waals surface area (Å²) in [5.41, 5.74) is 3.08. The monoisotopic (exact) mass is 371 g/mol. The van der Waals surface area contributed by atoms with E-state index >= 15 is 0 Å². The number of nitrogens with zero attached hydrogens (tertiary/aromatic N) is 5. The van der Waals surface area contributed by atoms with Crippen LogP contribution in [-0.4, -0.2) is 50.4 Å². The van der Waals surface area contributed by atoms with Gasteiger partial charge in [0.2, 0.25) is 0 Å². The molecule has 0 bridgehead atoms. The highest BCUT2D eigenvalue weighted by molar-refractivity contribution is 5.29. The van der Waals surface area contributed by atoms with Crippen LogP contribution in [-0.2, 0) is 24.4 Å². The first-order valence-corrected chi connectivity index (χ1v) is 8.72. The summed E-state index contributed by atoms with van der Waals surface area (Å²) in [4.78, 5) is 2.23. The van der Waals surface area contributed by atoms with Gasteiger partial charge in [-0.05, 0) is 20.8 Å². The minimum absolute atomic E-state index is 0.115. The van der Waals surface area contributed by atoms with E-state index in [1.165, 1.54) is 0 Å². The smallest absolute Gasteiger partial charge is 0.378 e. The van der Waals surface area contributed by atoms with Gasteiger partial charge < -0.3 is 4.74 Å². The van der Waals surface area contributed by atoms with Crippen molar-refractivity contribution >= 4 is 0 Å². The van der Waals surface area contributed by atoms with Crippen molar-refractivity contribution in [1.82, 2.24) is 24.5 Å². The number of halogens is 3. The fourth-order valence-corrected chi connectivity index (χ4v) is 3.51. The molecule has 0 spiro atoms. The van der Waals surface area contributed by atoms with Crippen molar-refractivity contribution in [3.05, 3.63) is 34.9 Å². The van der Waals surface area contributed by atoms with Crippen LogP contribution < -0.4 is 0 Å². The second-order valence-corrected chi connectivity index (χ2v) is 6.62. The number of aromatic nitrogens is 4. The van der Waals surface area contributed by atoms with Crippen LogP contribution in [0.3, 0.4) is 0 Å². The zero-order valence-electron chi connectivity index (χ0n) is 15.3. The van der Waals surface area contributed by atoms with Crippen LogP contribution in [0, 0.1) is 13.8 Å². The standard InChI is InChI=1S/C17H24F3N5O/c1-4-24-9-14(7-21-24)8-23-5-6-26-10-15(23)16-12(2)22-25(13(16)3)11-17(18,19)20/h7,9,15H,4-6,8,10-11H2,1-3H3. The molecule has 26 heavy (non-hydrogen) atoms. The summed E-state index contributed by atoms with van der Waals surface area (Å²) in [6.45, 7) is 7.65. The Morgan fingerprint density at radius 1 is 1.31 bits per heavy atom. The largest absolute Gasteiger partial charge is 0.408 e. The van der Waals surface area contributed by atoms with Crippen molar-refractivity contribution in [3.8, 4) is 0 Å². The van der Waals surface area contributed by atoms with E-state index in [0.29, 0.717) is 37.7 Å². The molecular weight excluding hydrogens is 347 g/mol. The molecule has 3 rings (SSSR count). The van der Waals surface area contributed by atoms with Gasteiger partial charge in [0.1, 0.15) is 6.54 Å². The molecule has 1 atom stereocenters. The summed E-state index contributed by atoms with van der Waals surface area (Å²) in [5.74, 6) is 0. The molecule has 2 aromatic heterocycles. The molecule has 0 aliphatic carbocycles. The fourth-order valence-electron chi connectivity index (χ4n) is 3.51. The van der Waals surface area contributed by atoms with E-state index in [1.54, 1.807) is 13.8 Å². The summed E-state index contributed by atoms with van der Waals surface area (Å²) in [6, 6.07) is -0.115. The second-order valence-electron chi connectivity index (χ2n) is 6.62. The Balaban J connectivity index is 1.85. The number of hydrogen-bond acceptors (Lipinski definition) is 4. The molecule has 0 amide bonds. The van der Waals surface area contributed by atoms with Gasteiger partial charge in [0.25, 0.3) is 0 Å². The molecule has 3 heterocycles. The molecule has 9 heteroatoms. The highest BCUT2D eigenvalue weighted by atomic mass is 19.4. The quantitative estimate of drug-likeness (QED) is 0.811. The van der Waals surface area contributed by atoms with E-state index in [4.69, 9.17) is 4.74 Å². The first kappa shape index (κ1) is 18.9. The Bertz CT molecular complexity index is 752. The summed E-state index contributed by atoms with van der Waals surface area (Å²) < 4.78 is 46.9. The maximum atomic E-state index is 12.8. The van der Waals surface area contributed by atoms with Gasteiger partial charge in [-0.2, -0.15) is 23.4 Å². The molecule has 1 saturated heterocycles. The van der Waals surface area contributed by atoms with Crippen LogP contribution >= 0.6 is 0 Å². The minimum Gasteiger partial charge on any atom is -0.378 e. The summed E-state index contributed by atoms with van der Waals surface area (Å²) in [7, 11) is 0. The van der Waals surface area contributed by atoms with E-state index in [0.717, 1.165) is 22.4 Å². The Kier molecular flexibility index (Phi) is 5.38. The molecule has 6 nitrogen and oxygen atoms in total. The van der Waals surface area contributed by atoms with Crippen molar-refractivity contribution in [1.29, 1.82) is 0 Å². The summed E-state index contributed by atoms with van der Waals surface area (Å²) in [6.07, 6.45) is -0.458. The van der Waals surface area contributed by atoms with Crippen LogP contribution in [0.2, 0.25) is 0 Å². The van der Waals surface area contributed by atoms with Gasteiger partial charge in [0, 0.05) is 42.7 Å². The van der Waals surface area contributed by atoms with Gasteiger partial charge in [0.05, 0.1) is 31.1 Å². The topological polar surface area (TPSA) is 48.1 Å². The molecule has 144 valence electrons. The van der Waals surface area contributed by atoms with Crippen molar-refractivity contribution in [2.45, 2.75) is 52.6 Å². The third kappa shape index (κ3) is 4.09. The van der Waals surface area contributed by atoms with Crippen LogP contribution in [0.15, 0.2) is 12.4 Å². The zero-order chi connectivity index (χ0) is 18.9. The van der Waals surface area contributed by atoms with Crippen LogP contribution in [0.25, 0.3) is 0 Å². The van der Waals surface area contributed by atoms with Gasteiger partial charge in [-0.25, -0.2) is 0 Å². The van der Waals surface area contributed by atoms with E-state index in [2.05, 4.69) is 15.1 Å². The van der Waals surface area contributed by atoms with Crippen LogP contribution in [0.5, 0.6) is 0 Å². The lowest BCUT2D eigenvalue weighted by atomic mass is 10.0. The average Bonchev–Trinajstić information content (AvgIpc) is 3.12. The number of ether oxygens (including phenoxy) is 1. The highest BCUT2D eigenvalue weighted by Gasteiger charge is 2.33. The van der Waals surface area contributed by atoms with Crippen molar-refractivity contribution in [2.75, 3.05) is 19.8 Å². The number of morpholine rings is 1. The predicted octanol–water partition coefficient (Wildman–Crippen LogP) is 2.85. The normalized spacial score (nSPS) is 19.2. The van der Waals surface area contributed by atoms with Gasteiger partial charge in [-0.1, -0.05) is 0 Å². The highest BCUT2D eigenvalue weighted by Crippen LogP contribution is 2.31. The second kappa shape index (κ2) is 7.40. The maximum Gasteiger partial charge on any atom is 0.408 e. The van der Waals surface area contributed by atoms with Crippen LogP contribution in [0.1, 0.15) is 35.5 Å². The van der Waals surface area contributed by atoms with E-state index in [9.17, 15) is 13.2 Å². The van der Waals surface area contributed by atoms with Crippen molar-refractivity contribution < 1.29 is 17.9 Å². The molecule has 1 fully saturated rings. The Morgan fingerprint density at radius 3 is 2.73 bits per heavy atom. The predicted molar refractivity (Wildman–Crippen MR) is 89.6 cm³/mol. The third-order valence-corrected chi connectivity index (χ3v) is 4.74. The van der Waals surface area contributed by atoms with E-state index in [1.807, 2.05) is 24.0 Å². The average molecular weight is 371 g/mol. The molecule has 0 aromatic carbocycles. The minimum atomic E-state index is -4.29. The first-order valence-electron chi connectivity index (χ1n) is 8.72. The summed E-state index contributed by atoms with van der Waals surface area (Å²) >= 11 is 0. The lowest BCUT2D eigenvalue weighted by molar-refractivity contribution is -0.143. The van der Waals surface area contributed by atoms with Crippen molar-refractivity contribution in [3.63, 3.8) is 0 Å². The fraction of sp³-hybridized carbons (Fsp3) is 0.647. The molecular formula is C17H24F3N5O. The Hall–Kier alpha value is -1.87. The number of alkyl halides is 3. The lowest BCUT2D eigenvalue weighted by Gasteiger charge is -2.35. The first-order chi connectivity index (χ1) is 12.3. The lowest BCUT2D eigenvalue weighted by Crippen LogP contribution is -2.39. The summed E-state index contributed by atoms with van der Waals surface area (Å²) in [5, 5.41) is 8.42.